The molecule has 108 valence electrons. The average molecular weight is 303 g/mol. The smallest absolute Gasteiger partial charge is 0.336 e. The number of nitrogens with zero attached hydrogens (tertiary/aromatic N) is 1. The molecule has 0 heterocycles. The van der Waals surface area contributed by atoms with Crippen molar-refractivity contribution in [3.8, 4) is 0 Å². The van der Waals surface area contributed by atoms with Gasteiger partial charge in [0.2, 0.25) is 0 Å². The number of nitro benzene ring substituents is 1. The lowest BCUT2D eigenvalue weighted by Gasteiger charge is -2.09. The van der Waals surface area contributed by atoms with Gasteiger partial charge >= 0.3 is 5.97 Å². The zero-order valence-corrected chi connectivity index (χ0v) is 12.3. The van der Waals surface area contributed by atoms with Crippen LogP contribution in [0, 0.1) is 24.0 Å². The summed E-state index contributed by atoms with van der Waals surface area (Å²) in [6, 6.07) is 9.57. The molecule has 2 rings (SSSR count). The second kappa shape index (κ2) is 5.97. The summed E-state index contributed by atoms with van der Waals surface area (Å²) in [7, 11) is 0. The third-order valence-electron chi connectivity index (χ3n) is 2.96. The van der Waals surface area contributed by atoms with Crippen molar-refractivity contribution < 1.29 is 14.8 Å². The van der Waals surface area contributed by atoms with Crippen LogP contribution in [0.4, 0.5) is 5.69 Å². The van der Waals surface area contributed by atoms with E-state index in [4.69, 9.17) is 0 Å². The standard InChI is InChI=1S/C15H13NO4S/c1-9-3-6-13(10(2)7-9)21-14-8-11(16(19)20)4-5-12(14)15(17)18/h3-8H,1-2H3,(H,17,18). The number of rotatable bonds is 4. The summed E-state index contributed by atoms with van der Waals surface area (Å²) >= 11 is 1.22. The van der Waals surface area contributed by atoms with E-state index in [9.17, 15) is 20.0 Å². The maximum Gasteiger partial charge on any atom is 0.336 e. The Hall–Kier alpha value is -2.34. The van der Waals surface area contributed by atoms with Gasteiger partial charge < -0.3 is 5.11 Å². The molecule has 0 saturated heterocycles. The normalized spacial score (nSPS) is 10.4. The number of hydrogen-bond donors (Lipinski definition) is 1. The van der Waals surface area contributed by atoms with Crippen LogP contribution in [-0.4, -0.2) is 16.0 Å². The quantitative estimate of drug-likeness (QED) is 0.680. The van der Waals surface area contributed by atoms with Gasteiger partial charge in [0, 0.05) is 21.9 Å². The summed E-state index contributed by atoms with van der Waals surface area (Å²) in [6.45, 7) is 3.89. The summed E-state index contributed by atoms with van der Waals surface area (Å²) in [6.07, 6.45) is 0. The van der Waals surface area contributed by atoms with E-state index in [1.54, 1.807) is 0 Å². The molecule has 0 atom stereocenters. The molecule has 0 amide bonds. The lowest BCUT2D eigenvalue weighted by molar-refractivity contribution is -0.385. The topological polar surface area (TPSA) is 80.4 Å². The summed E-state index contributed by atoms with van der Waals surface area (Å²) in [4.78, 5) is 22.8. The molecule has 0 aliphatic heterocycles. The molecule has 0 aliphatic carbocycles. The minimum Gasteiger partial charge on any atom is -0.478 e. The summed E-state index contributed by atoms with van der Waals surface area (Å²) in [5.41, 5.74) is 2.05. The Labute approximate surface area is 125 Å². The van der Waals surface area contributed by atoms with Crippen LogP contribution in [0.3, 0.4) is 0 Å². The third kappa shape index (κ3) is 3.41. The van der Waals surface area contributed by atoms with E-state index in [0.29, 0.717) is 4.90 Å². The number of carbonyl (C=O) groups is 1. The van der Waals surface area contributed by atoms with E-state index in [2.05, 4.69) is 0 Å². The van der Waals surface area contributed by atoms with Gasteiger partial charge in [0.25, 0.3) is 5.69 Å². The zero-order chi connectivity index (χ0) is 15.6. The predicted octanol–water partition coefficient (Wildman–Crippen LogP) is 4.06. The summed E-state index contributed by atoms with van der Waals surface area (Å²) in [5.74, 6) is -1.10. The lowest BCUT2D eigenvalue weighted by atomic mass is 10.2. The van der Waals surface area contributed by atoms with Gasteiger partial charge in [-0.2, -0.15) is 0 Å². The Balaban J connectivity index is 2.48. The molecule has 2 aromatic carbocycles. The van der Waals surface area contributed by atoms with E-state index in [0.717, 1.165) is 16.0 Å². The molecule has 0 fully saturated rings. The van der Waals surface area contributed by atoms with Gasteiger partial charge in [0.1, 0.15) is 0 Å². The average Bonchev–Trinajstić information content (AvgIpc) is 2.41. The van der Waals surface area contributed by atoms with Crippen molar-refractivity contribution in [2.75, 3.05) is 0 Å². The molecule has 5 nitrogen and oxygen atoms in total. The van der Waals surface area contributed by atoms with Crippen LogP contribution in [0.2, 0.25) is 0 Å². The first kappa shape index (κ1) is 15.1. The van der Waals surface area contributed by atoms with E-state index >= 15 is 0 Å². The lowest BCUT2D eigenvalue weighted by Crippen LogP contribution is -2.00. The molecule has 0 aromatic heterocycles. The number of hydrogen-bond acceptors (Lipinski definition) is 4. The van der Waals surface area contributed by atoms with Crippen molar-refractivity contribution in [1.82, 2.24) is 0 Å². The number of benzene rings is 2. The Morgan fingerprint density at radius 1 is 1.14 bits per heavy atom. The van der Waals surface area contributed by atoms with Crippen LogP contribution in [0.1, 0.15) is 21.5 Å². The summed E-state index contributed by atoms with van der Waals surface area (Å²) < 4.78 is 0. The van der Waals surface area contributed by atoms with Crippen molar-refractivity contribution in [3.05, 3.63) is 63.2 Å². The van der Waals surface area contributed by atoms with Crippen LogP contribution < -0.4 is 0 Å². The van der Waals surface area contributed by atoms with Gasteiger partial charge in [-0.15, -0.1) is 0 Å². The first-order valence-corrected chi connectivity index (χ1v) is 6.97. The Morgan fingerprint density at radius 3 is 2.43 bits per heavy atom. The molecule has 0 saturated carbocycles. The highest BCUT2D eigenvalue weighted by atomic mass is 32.2. The molecule has 0 radical (unpaired) electrons. The molecule has 0 bridgehead atoms. The van der Waals surface area contributed by atoms with Gasteiger partial charge in [-0.05, 0) is 31.5 Å². The molecule has 2 aromatic rings. The van der Waals surface area contributed by atoms with Gasteiger partial charge in [-0.25, -0.2) is 4.79 Å². The Kier molecular flexibility index (Phi) is 4.28. The van der Waals surface area contributed by atoms with E-state index in [1.165, 1.54) is 30.0 Å². The monoisotopic (exact) mass is 303 g/mol. The van der Waals surface area contributed by atoms with Crippen molar-refractivity contribution in [2.24, 2.45) is 0 Å². The molecule has 0 aliphatic rings. The van der Waals surface area contributed by atoms with Crippen LogP contribution in [0.15, 0.2) is 46.2 Å². The van der Waals surface area contributed by atoms with Crippen molar-refractivity contribution >= 4 is 23.4 Å². The predicted molar refractivity (Wildman–Crippen MR) is 80.1 cm³/mol. The fourth-order valence-corrected chi connectivity index (χ4v) is 2.96. The molecule has 6 heteroatoms. The first-order chi connectivity index (χ1) is 9.88. The van der Waals surface area contributed by atoms with Crippen LogP contribution in [0.5, 0.6) is 0 Å². The number of carboxylic acid groups (broad SMARTS) is 1. The second-order valence-electron chi connectivity index (χ2n) is 4.61. The minimum atomic E-state index is -1.10. The first-order valence-electron chi connectivity index (χ1n) is 6.15. The molecule has 0 unspecified atom stereocenters. The number of non-ortho nitro benzene ring substituents is 1. The number of aryl methyl sites for hydroxylation is 2. The molecule has 1 N–H and O–H groups in total. The van der Waals surface area contributed by atoms with E-state index < -0.39 is 10.9 Å². The zero-order valence-electron chi connectivity index (χ0n) is 11.5. The fraction of sp³-hybridized carbons (Fsp3) is 0.133. The maximum atomic E-state index is 11.2. The second-order valence-corrected chi connectivity index (χ2v) is 5.70. The number of carboxylic acids is 1. The number of aromatic carboxylic acids is 1. The Morgan fingerprint density at radius 2 is 1.86 bits per heavy atom. The summed E-state index contributed by atoms with van der Waals surface area (Å²) in [5, 5.41) is 20.1. The minimum absolute atomic E-state index is 0.0607. The van der Waals surface area contributed by atoms with Crippen molar-refractivity contribution in [1.29, 1.82) is 0 Å². The molecular formula is C15H13NO4S. The van der Waals surface area contributed by atoms with E-state index in [1.807, 2.05) is 32.0 Å². The molecular weight excluding hydrogens is 290 g/mol. The molecule has 21 heavy (non-hydrogen) atoms. The molecule has 0 spiro atoms. The fourth-order valence-electron chi connectivity index (χ4n) is 1.92. The van der Waals surface area contributed by atoms with Gasteiger partial charge in [-0.3, -0.25) is 10.1 Å². The van der Waals surface area contributed by atoms with Crippen LogP contribution in [0.25, 0.3) is 0 Å². The van der Waals surface area contributed by atoms with Gasteiger partial charge in [-0.1, -0.05) is 29.5 Å². The Bertz CT molecular complexity index is 728. The third-order valence-corrected chi connectivity index (χ3v) is 4.19. The largest absolute Gasteiger partial charge is 0.478 e. The highest BCUT2D eigenvalue weighted by molar-refractivity contribution is 7.99. The van der Waals surface area contributed by atoms with E-state index in [-0.39, 0.29) is 11.3 Å². The SMILES string of the molecule is Cc1ccc(Sc2cc([N+](=O)[O-])ccc2C(=O)O)c(C)c1. The maximum absolute atomic E-state index is 11.2. The van der Waals surface area contributed by atoms with Crippen molar-refractivity contribution in [2.45, 2.75) is 23.6 Å². The van der Waals surface area contributed by atoms with Gasteiger partial charge in [0.15, 0.2) is 0 Å². The number of nitro groups is 1. The van der Waals surface area contributed by atoms with Crippen molar-refractivity contribution in [3.63, 3.8) is 0 Å². The van der Waals surface area contributed by atoms with Gasteiger partial charge in [0.05, 0.1) is 10.5 Å². The van der Waals surface area contributed by atoms with Crippen LogP contribution in [-0.2, 0) is 0 Å². The highest BCUT2D eigenvalue weighted by Crippen LogP contribution is 2.35. The van der Waals surface area contributed by atoms with Crippen LogP contribution >= 0.6 is 11.8 Å². The highest BCUT2D eigenvalue weighted by Gasteiger charge is 2.17.